The van der Waals surface area contributed by atoms with Gasteiger partial charge in [0.25, 0.3) is 0 Å². The molecule has 0 heterocycles. The summed E-state index contributed by atoms with van der Waals surface area (Å²) in [5, 5.41) is 8.09. The minimum absolute atomic E-state index is 0.211. The van der Waals surface area contributed by atoms with Crippen molar-refractivity contribution in [1.82, 2.24) is 10.4 Å². The van der Waals surface area contributed by atoms with E-state index in [2.05, 4.69) is 6.58 Å². The van der Waals surface area contributed by atoms with Gasteiger partial charge in [-0.25, -0.2) is 10.1 Å². The SMILES string of the molecule is C=CCN(CN(F)F)[N+](=O)[O-]. The molecular formula is C4H7F2N3O2. The molecule has 0 N–H and O–H groups in total. The number of hydrazine groups is 1. The molecule has 0 fully saturated rings. The molecule has 64 valence electrons. The molecule has 0 aliphatic rings. The summed E-state index contributed by atoms with van der Waals surface area (Å²) in [5.74, 6) is 0. The van der Waals surface area contributed by atoms with E-state index in [-0.39, 0.29) is 6.54 Å². The number of hydrogen-bond donors (Lipinski definition) is 0. The molecule has 0 bridgehead atoms. The van der Waals surface area contributed by atoms with Crippen LogP contribution in [-0.2, 0) is 0 Å². The van der Waals surface area contributed by atoms with E-state index >= 15 is 0 Å². The van der Waals surface area contributed by atoms with Crippen molar-refractivity contribution in [2.24, 2.45) is 0 Å². The van der Waals surface area contributed by atoms with Gasteiger partial charge in [0.1, 0.15) is 0 Å². The lowest BCUT2D eigenvalue weighted by atomic mass is 10.6. The van der Waals surface area contributed by atoms with E-state index in [1.54, 1.807) is 0 Å². The van der Waals surface area contributed by atoms with E-state index in [0.29, 0.717) is 5.01 Å². The first-order valence-electron chi connectivity index (χ1n) is 2.67. The monoisotopic (exact) mass is 167 g/mol. The highest BCUT2D eigenvalue weighted by Crippen LogP contribution is 1.95. The Balaban J connectivity index is 3.88. The number of halogens is 2. The lowest BCUT2D eigenvalue weighted by Gasteiger charge is -2.10. The third-order valence-corrected chi connectivity index (χ3v) is 0.841. The van der Waals surface area contributed by atoms with Gasteiger partial charge in [0, 0.05) is 5.34 Å². The maximum Gasteiger partial charge on any atom is 0.192 e. The maximum absolute atomic E-state index is 11.4. The smallest absolute Gasteiger partial charge is 0.192 e. The molecule has 7 heteroatoms. The Morgan fingerprint density at radius 1 is 1.64 bits per heavy atom. The molecule has 0 rings (SSSR count). The zero-order valence-corrected chi connectivity index (χ0v) is 5.61. The molecule has 11 heavy (non-hydrogen) atoms. The highest BCUT2D eigenvalue weighted by atomic mass is 19.4. The lowest BCUT2D eigenvalue weighted by Crippen LogP contribution is -2.35. The fourth-order valence-corrected chi connectivity index (χ4v) is 0.448. The Labute approximate surface area is 61.5 Å². The van der Waals surface area contributed by atoms with Crippen LogP contribution in [-0.4, -0.2) is 28.6 Å². The molecule has 5 nitrogen and oxygen atoms in total. The molecule has 0 radical (unpaired) electrons. The van der Waals surface area contributed by atoms with Crippen LogP contribution in [0.5, 0.6) is 0 Å². The largest absolute Gasteiger partial charge is 0.235 e. The summed E-state index contributed by atoms with van der Waals surface area (Å²) in [6.07, 6.45) is 1.17. The quantitative estimate of drug-likeness (QED) is 0.199. The first-order chi connectivity index (χ1) is 5.07. The topological polar surface area (TPSA) is 49.6 Å². The van der Waals surface area contributed by atoms with Gasteiger partial charge in [0.15, 0.2) is 11.7 Å². The van der Waals surface area contributed by atoms with Crippen molar-refractivity contribution in [1.29, 1.82) is 0 Å². The molecule has 0 saturated heterocycles. The molecular weight excluding hydrogens is 160 g/mol. The number of hydrogen-bond acceptors (Lipinski definition) is 3. The standard InChI is InChI=1S/C4H7F2N3O2/c1-2-3-7(9(10)11)4-8(5)6/h2H,1,3-4H2. The normalized spacial score (nSPS) is 9.73. The first kappa shape index (κ1) is 9.76. The summed E-state index contributed by atoms with van der Waals surface area (Å²) in [6.45, 7) is 1.94. The minimum atomic E-state index is -1.27. The Morgan fingerprint density at radius 2 is 2.18 bits per heavy atom. The van der Waals surface area contributed by atoms with Crippen LogP contribution in [0.15, 0.2) is 12.7 Å². The molecule has 0 aromatic rings. The summed E-state index contributed by atoms with van der Waals surface area (Å²) in [4.78, 5) is 9.95. The second-order valence-corrected chi connectivity index (χ2v) is 1.66. The molecule has 0 atom stereocenters. The fourth-order valence-electron chi connectivity index (χ4n) is 0.448. The maximum atomic E-state index is 11.4. The van der Waals surface area contributed by atoms with Crippen LogP contribution in [0, 0.1) is 10.1 Å². The second kappa shape index (κ2) is 4.56. The third kappa shape index (κ3) is 4.20. The van der Waals surface area contributed by atoms with E-state index in [9.17, 15) is 19.1 Å². The zero-order chi connectivity index (χ0) is 8.85. The van der Waals surface area contributed by atoms with Crippen LogP contribution in [0.4, 0.5) is 8.96 Å². The van der Waals surface area contributed by atoms with E-state index in [4.69, 9.17) is 0 Å². The van der Waals surface area contributed by atoms with Crippen LogP contribution >= 0.6 is 0 Å². The van der Waals surface area contributed by atoms with Crippen molar-refractivity contribution in [2.45, 2.75) is 0 Å². The Bertz CT molecular complexity index is 152. The van der Waals surface area contributed by atoms with Gasteiger partial charge in [0.2, 0.25) is 0 Å². The predicted octanol–water partition coefficient (Wildman–Crippen LogP) is 0.695. The average molecular weight is 167 g/mol. The number of rotatable bonds is 5. The third-order valence-electron chi connectivity index (χ3n) is 0.841. The van der Waals surface area contributed by atoms with Crippen molar-refractivity contribution < 1.29 is 14.0 Å². The number of nitro groups is 1. The molecule has 0 aliphatic carbocycles. The fraction of sp³-hybridized carbons (Fsp3) is 0.500. The van der Waals surface area contributed by atoms with E-state index < -0.39 is 17.0 Å². The molecule has 0 amide bonds. The van der Waals surface area contributed by atoms with Crippen LogP contribution < -0.4 is 0 Å². The van der Waals surface area contributed by atoms with Gasteiger partial charge >= 0.3 is 0 Å². The molecule has 0 aliphatic heterocycles. The van der Waals surface area contributed by atoms with Gasteiger partial charge in [0.05, 0.1) is 6.54 Å². The Morgan fingerprint density at radius 3 is 2.45 bits per heavy atom. The van der Waals surface area contributed by atoms with Crippen molar-refractivity contribution in [3.8, 4) is 0 Å². The molecule has 0 spiro atoms. The van der Waals surface area contributed by atoms with Gasteiger partial charge in [-0.3, -0.25) is 0 Å². The summed E-state index contributed by atoms with van der Waals surface area (Å²) in [5.41, 5.74) is 0. The average Bonchev–Trinajstić information content (AvgIpc) is 1.86. The second-order valence-electron chi connectivity index (χ2n) is 1.66. The lowest BCUT2D eigenvalue weighted by molar-refractivity contribution is -0.662. The zero-order valence-electron chi connectivity index (χ0n) is 5.61. The Kier molecular flexibility index (Phi) is 4.04. The predicted molar refractivity (Wildman–Crippen MR) is 32.8 cm³/mol. The van der Waals surface area contributed by atoms with Crippen molar-refractivity contribution in [3.63, 3.8) is 0 Å². The minimum Gasteiger partial charge on any atom is -0.235 e. The van der Waals surface area contributed by atoms with Gasteiger partial charge < -0.3 is 0 Å². The summed E-state index contributed by atoms with van der Waals surface area (Å²) >= 11 is 0. The van der Waals surface area contributed by atoms with E-state index in [0.717, 1.165) is 0 Å². The van der Waals surface area contributed by atoms with Crippen LogP contribution in [0.25, 0.3) is 0 Å². The van der Waals surface area contributed by atoms with Crippen LogP contribution in [0.1, 0.15) is 0 Å². The van der Waals surface area contributed by atoms with Crippen LogP contribution in [0.3, 0.4) is 0 Å². The van der Waals surface area contributed by atoms with Crippen molar-refractivity contribution in [3.05, 3.63) is 22.8 Å². The first-order valence-corrected chi connectivity index (χ1v) is 2.67. The van der Waals surface area contributed by atoms with Gasteiger partial charge in [-0.1, -0.05) is 15.0 Å². The molecule has 0 aromatic carbocycles. The van der Waals surface area contributed by atoms with Gasteiger partial charge in [-0.2, -0.15) is 0 Å². The number of nitrogens with zero attached hydrogens (tertiary/aromatic N) is 3. The summed E-state index contributed by atoms with van der Waals surface area (Å²) < 4.78 is 22.8. The molecule has 0 unspecified atom stereocenters. The Hall–Kier alpha value is -1.24. The van der Waals surface area contributed by atoms with Gasteiger partial charge in [-0.05, 0) is 0 Å². The highest BCUT2D eigenvalue weighted by Gasteiger charge is 2.16. The van der Waals surface area contributed by atoms with E-state index in [1.807, 2.05) is 0 Å². The van der Waals surface area contributed by atoms with Crippen molar-refractivity contribution >= 4 is 0 Å². The van der Waals surface area contributed by atoms with E-state index in [1.165, 1.54) is 6.08 Å². The van der Waals surface area contributed by atoms with Crippen molar-refractivity contribution in [2.75, 3.05) is 13.2 Å². The highest BCUT2D eigenvalue weighted by molar-refractivity contribution is 4.67. The molecule has 0 saturated carbocycles. The van der Waals surface area contributed by atoms with Crippen LogP contribution in [0.2, 0.25) is 0 Å². The molecule has 0 aromatic heterocycles. The van der Waals surface area contributed by atoms with Gasteiger partial charge in [-0.15, -0.1) is 11.6 Å². The summed E-state index contributed by atoms with van der Waals surface area (Å²) in [6, 6.07) is 0. The summed E-state index contributed by atoms with van der Waals surface area (Å²) in [7, 11) is 0.